The van der Waals surface area contributed by atoms with E-state index in [9.17, 15) is 14.9 Å². The van der Waals surface area contributed by atoms with Gasteiger partial charge in [-0.05, 0) is 18.2 Å². The van der Waals surface area contributed by atoms with Gasteiger partial charge in [0, 0.05) is 0 Å². The molecule has 2 aromatic heterocycles. The minimum atomic E-state index is -0.706. The molecule has 2 heterocycles. The predicted octanol–water partition coefficient (Wildman–Crippen LogP) is 1.70. The number of rotatable bonds is 5. The first kappa shape index (κ1) is 14.4. The molecule has 0 unspecified atom stereocenters. The molecule has 0 fully saturated rings. The Hall–Kier alpha value is -3.49. The van der Waals surface area contributed by atoms with Gasteiger partial charge < -0.3 is 9.73 Å². The van der Waals surface area contributed by atoms with Crippen LogP contribution in [0.2, 0.25) is 0 Å². The Labute approximate surface area is 129 Å². The Morgan fingerprint density at radius 1 is 1.26 bits per heavy atom. The Balaban J connectivity index is 1.63. The molecule has 0 aliphatic heterocycles. The largest absolute Gasteiger partial charge is 0.433 e. The molecule has 0 aliphatic rings. The Morgan fingerprint density at radius 3 is 2.74 bits per heavy atom. The van der Waals surface area contributed by atoms with Crippen molar-refractivity contribution in [1.29, 1.82) is 0 Å². The zero-order valence-corrected chi connectivity index (χ0v) is 11.7. The quantitative estimate of drug-likeness (QED) is 0.566. The summed E-state index contributed by atoms with van der Waals surface area (Å²) in [4.78, 5) is 21.7. The average Bonchev–Trinajstić information content (AvgIpc) is 3.23. The summed E-state index contributed by atoms with van der Waals surface area (Å²) in [5, 5.41) is 21.0. The van der Waals surface area contributed by atoms with E-state index < -0.39 is 16.7 Å². The molecule has 9 nitrogen and oxygen atoms in total. The Kier molecular flexibility index (Phi) is 3.83. The van der Waals surface area contributed by atoms with Crippen molar-refractivity contribution in [1.82, 2.24) is 20.3 Å². The summed E-state index contributed by atoms with van der Waals surface area (Å²) >= 11 is 0. The number of nitro groups is 1. The van der Waals surface area contributed by atoms with Gasteiger partial charge in [-0.25, -0.2) is 4.68 Å². The number of aromatic nitrogens is 3. The number of carbonyl (C=O) groups excluding carboxylic acids is 1. The van der Waals surface area contributed by atoms with E-state index in [4.69, 9.17) is 4.42 Å². The lowest BCUT2D eigenvalue weighted by atomic mass is 10.3. The van der Waals surface area contributed by atoms with Crippen LogP contribution in [0.3, 0.4) is 0 Å². The number of benzene rings is 1. The highest BCUT2D eigenvalue weighted by molar-refractivity contribution is 5.91. The zero-order valence-electron chi connectivity index (χ0n) is 11.7. The molecule has 0 atom stereocenters. The standard InChI is InChI=1S/C14H11N5O4/c20-14(12-6-7-13(23-12)19(21)22)15-8-10-9-18(17-16-10)11-4-2-1-3-5-11/h1-7,9H,8H2,(H,15,20). The molecule has 116 valence electrons. The van der Waals surface area contributed by atoms with Gasteiger partial charge in [-0.15, -0.1) is 5.10 Å². The fourth-order valence-electron chi connectivity index (χ4n) is 1.89. The molecular formula is C14H11N5O4. The monoisotopic (exact) mass is 313 g/mol. The first-order chi connectivity index (χ1) is 11.1. The lowest BCUT2D eigenvalue weighted by Crippen LogP contribution is -2.22. The van der Waals surface area contributed by atoms with E-state index in [0.717, 1.165) is 11.8 Å². The highest BCUT2D eigenvalue weighted by Gasteiger charge is 2.17. The molecule has 0 saturated carbocycles. The number of amides is 1. The van der Waals surface area contributed by atoms with Crippen LogP contribution in [0.5, 0.6) is 0 Å². The molecule has 0 saturated heterocycles. The topological polar surface area (TPSA) is 116 Å². The lowest BCUT2D eigenvalue weighted by Gasteiger charge is -1.99. The molecule has 0 spiro atoms. The van der Waals surface area contributed by atoms with Crippen LogP contribution in [0, 0.1) is 10.1 Å². The highest BCUT2D eigenvalue weighted by Crippen LogP contribution is 2.15. The third-order valence-corrected chi connectivity index (χ3v) is 2.99. The molecule has 1 amide bonds. The molecule has 0 bridgehead atoms. The van der Waals surface area contributed by atoms with Gasteiger partial charge >= 0.3 is 5.88 Å². The first-order valence-corrected chi connectivity index (χ1v) is 6.62. The Morgan fingerprint density at radius 2 is 2.04 bits per heavy atom. The number of hydrogen-bond donors (Lipinski definition) is 1. The molecule has 1 aromatic carbocycles. The van der Waals surface area contributed by atoms with Crippen molar-refractivity contribution in [3.8, 4) is 5.69 Å². The van der Waals surface area contributed by atoms with Crippen LogP contribution < -0.4 is 5.32 Å². The smallest absolute Gasteiger partial charge is 0.395 e. The van der Waals surface area contributed by atoms with Crippen LogP contribution in [0.1, 0.15) is 16.2 Å². The maximum atomic E-state index is 11.8. The summed E-state index contributed by atoms with van der Waals surface area (Å²) in [6, 6.07) is 11.8. The van der Waals surface area contributed by atoms with Crippen molar-refractivity contribution < 1.29 is 14.1 Å². The summed E-state index contributed by atoms with van der Waals surface area (Å²) in [7, 11) is 0. The fraction of sp³-hybridized carbons (Fsp3) is 0.0714. The van der Waals surface area contributed by atoms with E-state index in [0.29, 0.717) is 5.69 Å². The summed E-state index contributed by atoms with van der Waals surface area (Å²) in [5.41, 5.74) is 1.39. The van der Waals surface area contributed by atoms with Crippen molar-refractivity contribution in [3.63, 3.8) is 0 Å². The van der Waals surface area contributed by atoms with E-state index in [2.05, 4.69) is 15.6 Å². The third-order valence-electron chi connectivity index (χ3n) is 2.99. The molecule has 23 heavy (non-hydrogen) atoms. The first-order valence-electron chi connectivity index (χ1n) is 6.62. The minimum Gasteiger partial charge on any atom is -0.395 e. The second-order valence-electron chi connectivity index (χ2n) is 4.57. The molecule has 0 aliphatic carbocycles. The van der Waals surface area contributed by atoms with Crippen molar-refractivity contribution >= 4 is 11.8 Å². The van der Waals surface area contributed by atoms with E-state index in [1.165, 1.54) is 6.07 Å². The number of furan rings is 1. The second kappa shape index (κ2) is 6.10. The van der Waals surface area contributed by atoms with Crippen molar-refractivity contribution in [2.75, 3.05) is 0 Å². The van der Waals surface area contributed by atoms with Gasteiger partial charge in [-0.3, -0.25) is 14.9 Å². The van der Waals surface area contributed by atoms with Crippen LogP contribution in [0.25, 0.3) is 5.69 Å². The van der Waals surface area contributed by atoms with Crippen molar-refractivity contribution in [2.45, 2.75) is 6.54 Å². The minimum absolute atomic E-state index is 0.125. The number of nitrogens with zero attached hydrogens (tertiary/aromatic N) is 4. The molecule has 9 heteroatoms. The zero-order chi connectivity index (χ0) is 16.2. The average molecular weight is 313 g/mol. The molecular weight excluding hydrogens is 302 g/mol. The number of nitrogens with one attached hydrogen (secondary N) is 1. The van der Waals surface area contributed by atoms with Crippen LogP contribution in [-0.4, -0.2) is 25.8 Å². The summed E-state index contributed by atoms with van der Waals surface area (Å²) < 4.78 is 6.40. The predicted molar refractivity (Wildman–Crippen MR) is 77.9 cm³/mol. The molecule has 3 rings (SSSR count). The van der Waals surface area contributed by atoms with Gasteiger partial charge in [-0.2, -0.15) is 0 Å². The number of carbonyl (C=O) groups is 1. The lowest BCUT2D eigenvalue weighted by molar-refractivity contribution is -0.402. The van der Waals surface area contributed by atoms with E-state index >= 15 is 0 Å². The van der Waals surface area contributed by atoms with Crippen molar-refractivity contribution in [2.24, 2.45) is 0 Å². The summed E-state index contributed by atoms with van der Waals surface area (Å²) in [6.45, 7) is 0.125. The second-order valence-corrected chi connectivity index (χ2v) is 4.57. The van der Waals surface area contributed by atoms with Gasteiger partial charge in [0.25, 0.3) is 5.91 Å². The van der Waals surface area contributed by atoms with Gasteiger partial charge in [0.2, 0.25) is 0 Å². The van der Waals surface area contributed by atoms with E-state index in [-0.39, 0.29) is 12.3 Å². The number of hydrogen-bond acceptors (Lipinski definition) is 6. The van der Waals surface area contributed by atoms with Crippen LogP contribution >= 0.6 is 0 Å². The maximum Gasteiger partial charge on any atom is 0.433 e. The summed E-state index contributed by atoms with van der Waals surface area (Å²) in [6.07, 6.45) is 1.68. The van der Waals surface area contributed by atoms with Gasteiger partial charge in [-0.1, -0.05) is 23.4 Å². The molecule has 1 N–H and O–H groups in total. The van der Waals surface area contributed by atoms with Gasteiger partial charge in [0.05, 0.1) is 24.5 Å². The number of para-hydroxylation sites is 1. The third kappa shape index (κ3) is 3.23. The van der Waals surface area contributed by atoms with Crippen LogP contribution in [-0.2, 0) is 6.54 Å². The van der Waals surface area contributed by atoms with Gasteiger partial charge in [0.15, 0.2) is 5.76 Å². The molecule has 0 radical (unpaired) electrons. The molecule has 3 aromatic rings. The van der Waals surface area contributed by atoms with Crippen molar-refractivity contribution in [3.05, 3.63) is 70.2 Å². The summed E-state index contributed by atoms with van der Waals surface area (Å²) in [5.74, 6) is -1.18. The normalized spacial score (nSPS) is 10.4. The SMILES string of the molecule is O=C(NCc1cn(-c2ccccc2)nn1)c1ccc([N+](=O)[O-])o1. The van der Waals surface area contributed by atoms with Gasteiger partial charge in [0.1, 0.15) is 10.6 Å². The highest BCUT2D eigenvalue weighted by atomic mass is 16.6. The maximum absolute atomic E-state index is 11.8. The van der Waals surface area contributed by atoms with Crippen LogP contribution in [0.4, 0.5) is 5.88 Å². The Bertz CT molecular complexity index is 840. The fourth-order valence-corrected chi connectivity index (χ4v) is 1.89. The van der Waals surface area contributed by atoms with Crippen LogP contribution in [0.15, 0.2) is 53.1 Å². The van der Waals surface area contributed by atoms with E-state index in [1.54, 1.807) is 10.9 Å². The van der Waals surface area contributed by atoms with E-state index in [1.807, 2.05) is 30.3 Å².